The molecule has 0 bridgehead atoms. The molecule has 0 saturated heterocycles. The lowest BCUT2D eigenvalue weighted by Gasteiger charge is -2.17. The first kappa shape index (κ1) is 12.9. The summed E-state index contributed by atoms with van der Waals surface area (Å²) in [5.74, 6) is 0.328. The molecule has 0 fully saturated rings. The molecule has 1 aromatic carbocycles. The first-order valence-corrected chi connectivity index (χ1v) is 5.54. The Morgan fingerprint density at radius 2 is 1.78 bits per heavy atom. The normalized spacial score (nSPS) is 13.8. The zero-order valence-corrected chi connectivity index (χ0v) is 11.4. The summed E-state index contributed by atoms with van der Waals surface area (Å²) in [5, 5.41) is 11.5. The van der Waals surface area contributed by atoms with Crippen molar-refractivity contribution in [3.8, 4) is 5.75 Å². The van der Waals surface area contributed by atoms with Crippen molar-refractivity contribution in [3.05, 3.63) is 53.9 Å². The Morgan fingerprint density at radius 1 is 1.06 bits per heavy atom. The molecule has 0 radical (unpaired) electrons. The van der Waals surface area contributed by atoms with Gasteiger partial charge in [0.2, 0.25) is 0 Å². The van der Waals surface area contributed by atoms with Crippen LogP contribution in [0.1, 0.15) is 11.1 Å². The number of hydrazine groups is 1. The lowest BCUT2D eigenvalue weighted by Crippen LogP contribution is -2.23. The molecule has 1 aliphatic heterocycles. The standard InChI is InChI=1S/C13H13N3O.BrH/c17-13-2-1-10-8-16(9-11(10)7-13)15-12-3-5-14-6-4-12;/h1-7,17H,8-9H2,(H,14,15);1H. The number of aromatic hydroxyl groups is 1. The number of phenolic OH excluding ortho intramolecular Hbond substituents is 1. The Balaban J connectivity index is 0.00000120. The van der Waals surface area contributed by atoms with Crippen LogP contribution in [-0.4, -0.2) is 15.1 Å². The SMILES string of the molecule is Br.Oc1ccc2c(c1)CN(Nc1ccncc1)C2. The summed E-state index contributed by atoms with van der Waals surface area (Å²) in [7, 11) is 0. The van der Waals surface area contributed by atoms with Gasteiger partial charge in [0.15, 0.2) is 0 Å². The van der Waals surface area contributed by atoms with Crippen molar-refractivity contribution in [2.24, 2.45) is 0 Å². The summed E-state index contributed by atoms with van der Waals surface area (Å²) in [5.41, 5.74) is 6.77. The fourth-order valence-corrected chi connectivity index (χ4v) is 2.07. The van der Waals surface area contributed by atoms with Crippen LogP contribution in [0.15, 0.2) is 42.7 Å². The molecule has 0 atom stereocenters. The zero-order valence-electron chi connectivity index (χ0n) is 9.71. The Morgan fingerprint density at radius 3 is 2.56 bits per heavy atom. The first-order chi connectivity index (χ1) is 8.31. The van der Waals surface area contributed by atoms with E-state index in [0.717, 1.165) is 18.8 Å². The van der Waals surface area contributed by atoms with Crippen molar-refractivity contribution < 1.29 is 5.11 Å². The van der Waals surface area contributed by atoms with Gasteiger partial charge in [-0.25, -0.2) is 5.01 Å². The Kier molecular flexibility index (Phi) is 3.84. The number of halogens is 1. The van der Waals surface area contributed by atoms with Gasteiger partial charge in [-0.05, 0) is 35.4 Å². The van der Waals surface area contributed by atoms with Gasteiger partial charge < -0.3 is 10.5 Å². The summed E-state index contributed by atoms with van der Waals surface area (Å²) in [4.78, 5) is 3.98. The number of aromatic nitrogens is 1. The van der Waals surface area contributed by atoms with Gasteiger partial charge in [0.05, 0.1) is 5.69 Å². The third-order valence-electron chi connectivity index (χ3n) is 2.88. The van der Waals surface area contributed by atoms with Gasteiger partial charge >= 0.3 is 0 Å². The lowest BCUT2D eigenvalue weighted by molar-refractivity contribution is 0.347. The molecule has 0 aliphatic carbocycles. The lowest BCUT2D eigenvalue weighted by atomic mass is 10.1. The Labute approximate surface area is 116 Å². The highest BCUT2D eigenvalue weighted by Crippen LogP contribution is 2.26. The van der Waals surface area contributed by atoms with Gasteiger partial charge in [-0.3, -0.25) is 4.98 Å². The second-order valence-electron chi connectivity index (χ2n) is 4.16. The molecular weight excluding hydrogens is 294 g/mol. The van der Waals surface area contributed by atoms with E-state index in [0.29, 0.717) is 5.75 Å². The van der Waals surface area contributed by atoms with Crippen molar-refractivity contribution >= 4 is 22.7 Å². The first-order valence-electron chi connectivity index (χ1n) is 5.54. The average Bonchev–Trinajstić information content (AvgIpc) is 2.71. The van der Waals surface area contributed by atoms with E-state index in [-0.39, 0.29) is 17.0 Å². The van der Waals surface area contributed by atoms with Crippen molar-refractivity contribution in [2.45, 2.75) is 13.1 Å². The molecule has 2 N–H and O–H groups in total. The minimum atomic E-state index is 0. The van der Waals surface area contributed by atoms with E-state index in [1.807, 2.05) is 24.3 Å². The molecule has 0 saturated carbocycles. The predicted molar refractivity (Wildman–Crippen MR) is 75.5 cm³/mol. The monoisotopic (exact) mass is 307 g/mol. The molecule has 18 heavy (non-hydrogen) atoms. The van der Waals surface area contributed by atoms with Gasteiger partial charge in [-0.15, -0.1) is 17.0 Å². The summed E-state index contributed by atoms with van der Waals surface area (Å²) in [6, 6.07) is 9.39. The molecule has 1 aromatic heterocycles. The van der Waals surface area contributed by atoms with Crippen LogP contribution in [-0.2, 0) is 13.1 Å². The predicted octanol–water partition coefficient (Wildman–Crippen LogP) is 2.71. The Bertz CT molecular complexity index is 533. The fraction of sp³-hybridized carbons (Fsp3) is 0.154. The number of fused-ring (bicyclic) bond motifs is 1. The van der Waals surface area contributed by atoms with E-state index in [1.54, 1.807) is 18.5 Å². The van der Waals surface area contributed by atoms with Crippen LogP contribution >= 0.6 is 17.0 Å². The number of anilines is 1. The number of nitrogens with one attached hydrogen (secondary N) is 1. The summed E-state index contributed by atoms with van der Waals surface area (Å²) in [6.45, 7) is 1.64. The van der Waals surface area contributed by atoms with Gasteiger partial charge in [0.1, 0.15) is 5.75 Å². The maximum atomic E-state index is 9.43. The molecule has 5 heteroatoms. The minimum absolute atomic E-state index is 0. The number of phenols is 1. The molecule has 1 aliphatic rings. The summed E-state index contributed by atoms with van der Waals surface area (Å²) >= 11 is 0. The average molecular weight is 308 g/mol. The molecule has 3 rings (SSSR count). The van der Waals surface area contributed by atoms with E-state index in [1.165, 1.54) is 11.1 Å². The largest absolute Gasteiger partial charge is 0.508 e. The van der Waals surface area contributed by atoms with Crippen LogP contribution in [0.2, 0.25) is 0 Å². The van der Waals surface area contributed by atoms with Crippen LogP contribution in [0, 0.1) is 0 Å². The smallest absolute Gasteiger partial charge is 0.115 e. The number of hydrogen-bond donors (Lipinski definition) is 2. The molecule has 0 unspecified atom stereocenters. The second kappa shape index (κ2) is 5.37. The maximum absolute atomic E-state index is 9.43. The quantitative estimate of drug-likeness (QED) is 0.895. The number of rotatable bonds is 2. The van der Waals surface area contributed by atoms with Crippen LogP contribution in [0.3, 0.4) is 0 Å². The zero-order chi connectivity index (χ0) is 11.7. The van der Waals surface area contributed by atoms with Crippen LogP contribution in [0.4, 0.5) is 5.69 Å². The molecule has 2 aromatic rings. The maximum Gasteiger partial charge on any atom is 0.115 e. The van der Waals surface area contributed by atoms with Gasteiger partial charge in [-0.2, -0.15) is 0 Å². The van der Waals surface area contributed by atoms with E-state index in [4.69, 9.17) is 0 Å². The van der Waals surface area contributed by atoms with Crippen LogP contribution in [0.25, 0.3) is 0 Å². The molecule has 0 amide bonds. The van der Waals surface area contributed by atoms with Gasteiger partial charge in [0, 0.05) is 25.5 Å². The van der Waals surface area contributed by atoms with E-state index in [2.05, 4.69) is 15.4 Å². The number of pyridine rings is 1. The molecule has 94 valence electrons. The highest BCUT2D eigenvalue weighted by molar-refractivity contribution is 8.93. The van der Waals surface area contributed by atoms with Gasteiger partial charge in [-0.1, -0.05) is 6.07 Å². The third-order valence-corrected chi connectivity index (χ3v) is 2.88. The number of hydrogen-bond acceptors (Lipinski definition) is 4. The van der Waals surface area contributed by atoms with E-state index in [9.17, 15) is 5.11 Å². The highest BCUT2D eigenvalue weighted by atomic mass is 79.9. The van der Waals surface area contributed by atoms with Gasteiger partial charge in [0.25, 0.3) is 0 Å². The molecule has 0 spiro atoms. The topological polar surface area (TPSA) is 48.4 Å². The Hall–Kier alpha value is -1.59. The molecule has 4 nitrogen and oxygen atoms in total. The minimum Gasteiger partial charge on any atom is -0.508 e. The highest BCUT2D eigenvalue weighted by Gasteiger charge is 2.18. The number of nitrogens with zero attached hydrogens (tertiary/aromatic N) is 2. The summed E-state index contributed by atoms with van der Waals surface area (Å²) < 4.78 is 0. The fourth-order valence-electron chi connectivity index (χ4n) is 2.07. The summed E-state index contributed by atoms with van der Waals surface area (Å²) in [6.07, 6.45) is 3.52. The van der Waals surface area contributed by atoms with E-state index < -0.39 is 0 Å². The van der Waals surface area contributed by atoms with Crippen molar-refractivity contribution in [1.29, 1.82) is 0 Å². The van der Waals surface area contributed by atoms with Crippen molar-refractivity contribution in [2.75, 3.05) is 5.43 Å². The molecular formula is C13H14BrN3O. The number of benzene rings is 1. The van der Waals surface area contributed by atoms with Crippen LogP contribution < -0.4 is 5.43 Å². The van der Waals surface area contributed by atoms with Crippen LogP contribution in [0.5, 0.6) is 5.75 Å². The van der Waals surface area contributed by atoms with Crippen molar-refractivity contribution in [3.63, 3.8) is 0 Å². The third kappa shape index (κ3) is 2.63. The van der Waals surface area contributed by atoms with Crippen molar-refractivity contribution in [1.82, 2.24) is 9.99 Å². The second-order valence-corrected chi connectivity index (χ2v) is 4.16. The van der Waals surface area contributed by atoms with E-state index >= 15 is 0 Å². The molecule has 2 heterocycles.